The lowest BCUT2D eigenvalue weighted by molar-refractivity contribution is -0.120. The van der Waals surface area contributed by atoms with E-state index in [-0.39, 0.29) is 11.8 Å². The maximum atomic E-state index is 12.6. The van der Waals surface area contributed by atoms with Crippen molar-refractivity contribution in [3.63, 3.8) is 0 Å². The topological polar surface area (TPSA) is 70.6 Å². The summed E-state index contributed by atoms with van der Waals surface area (Å²) < 4.78 is 5.39. The van der Waals surface area contributed by atoms with Crippen LogP contribution in [0.4, 0.5) is 17.2 Å². The zero-order valence-electron chi connectivity index (χ0n) is 15.4. The van der Waals surface area contributed by atoms with Crippen LogP contribution in [0.2, 0.25) is 0 Å². The van der Waals surface area contributed by atoms with E-state index < -0.39 is 0 Å². The molecule has 0 aliphatic carbocycles. The monoisotopic (exact) mass is 367 g/mol. The molecule has 2 saturated heterocycles. The number of amides is 1. The van der Waals surface area contributed by atoms with Crippen molar-refractivity contribution >= 4 is 23.1 Å². The summed E-state index contributed by atoms with van der Waals surface area (Å²) in [5.74, 6) is 1.03. The molecule has 2 fully saturated rings. The highest BCUT2D eigenvalue weighted by Gasteiger charge is 2.25. The lowest BCUT2D eigenvalue weighted by Gasteiger charge is -2.32. The molecule has 4 rings (SSSR count). The van der Waals surface area contributed by atoms with Gasteiger partial charge in [0.2, 0.25) is 5.91 Å². The van der Waals surface area contributed by atoms with E-state index in [1.807, 2.05) is 12.1 Å². The molecule has 3 heterocycles. The van der Waals surface area contributed by atoms with Crippen LogP contribution >= 0.6 is 0 Å². The van der Waals surface area contributed by atoms with E-state index in [1.54, 1.807) is 18.6 Å². The van der Waals surface area contributed by atoms with E-state index >= 15 is 0 Å². The normalized spacial score (nSPS) is 18.4. The van der Waals surface area contributed by atoms with E-state index in [0.717, 1.165) is 63.7 Å². The van der Waals surface area contributed by atoms with Crippen molar-refractivity contribution in [2.45, 2.75) is 12.8 Å². The maximum absolute atomic E-state index is 12.6. The highest BCUT2D eigenvalue weighted by molar-refractivity contribution is 5.92. The molecule has 142 valence electrons. The summed E-state index contributed by atoms with van der Waals surface area (Å²) in [6.07, 6.45) is 6.81. The number of nitrogens with one attached hydrogen (secondary N) is 1. The minimum atomic E-state index is 0.0387. The lowest BCUT2D eigenvalue weighted by atomic mass is 9.96. The molecular formula is C20H25N5O2. The Balaban J connectivity index is 1.29. The van der Waals surface area contributed by atoms with Gasteiger partial charge in [0.1, 0.15) is 5.82 Å². The molecule has 0 radical (unpaired) electrons. The van der Waals surface area contributed by atoms with E-state index in [9.17, 15) is 4.79 Å². The minimum Gasteiger partial charge on any atom is -0.378 e. The third kappa shape index (κ3) is 4.36. The molecule has 0 atom stereocenters. The Labute approximate surface area is 159 Å². The number of ether oxygens (including phenoxy) is 1. The predicted molar refractivity (Wildman–Crippen MR) is 105 cm³/mol. The van der Waals surface area contributed by atoms with Gasteiger partial charge >= 0.3 is 0 Å². The SMILES string of the molecule is O=C(Nc1ccc(N2CCOCC2)cc1)C1CCN(c2cnccn2)CC1. The molecule has 0 unspecified atom stereocenters. The van der Waals surface area contributed by atoms with Crippen LogP contribution in [0.15, 0.2) is 42.9 Å². The number of aromatic nitrogens is 2. The average molecular weight is 367 g/mol. The number of hydrogen-bond acceptors (Lipinski definition) is 6. The predicted octanol–water partition coefficient (Wildman–Crippen LogP) is 2.17. The van der Waals surface area contributed by atoms with Crippen LogP contribution in [0, 0.1) is 5.92 Å². The van der Waals surface area contributed by atoms with Crippen molar-refractivity contribution < 1.29 is 9.53 Å². The third-order valence-corrected chi connectivity index (χ3v) is 5.25. The van der Waals surface area contributed by atoms with Crippen molar-refractivity contribution in [3.05, 3.63) is 42.9 Å². The van der Waals surface area contributed by atoms with Crippen LogP contribution < -0.4 is 15.1 Å². The zero-order valence-corrected chi connectivity index (χ0v) is 15.4. The largest absolute Gasteiger partial charge is 0.378 e. The molecule has 2 aromatic rings. The van der Waals surface area contributed by atoms with Gasteiger partial charge in [-0.15, -0.1) is 0 Å². The minimum absolute atomic E-state index is 0.0387. The number of carbonyl (C=O) groups is 1. The van der Waals surface area contributed by atoms with Gasteiger partial charge in [0.25, 0.3) is 0 Å². The number of carbonyl (C=O) groups excluding carboxylic acids is 1. The fraction of sp³-hybridized carbons (Fsp3) is 0.450. The number of piperidine rings is 1. The average Bonchev–Trinajstić information content (AvgIpc) is 2.76. The first-order valence-corrected chi connectivity index (χ1v) is 9.54. The van der Waals surface area contributed by atoms with Gasteiger partial charge in [0, 0.05) is 55.9 Å². The Bertz CT molecular complexity index is 739. The molecule has 0 spiro atoms. The molecule has 0 bridgehead atoms. The zero-order chi connectivity index (χ0) is 18.5. The van der Waals surface area contributed by atoms with Crippen molar-refractivity contribution in [2.75, 3.05) is 54.5 Å². The number of hydrogen-bond donors (Lipinski definition) is 1. The van der Waals surface area contributed by atoms with Crippen molar-refractivity contribution in [1.29, 1.82) is 0 Å². The molecule has 2 aliphatic rings. The van der Waals surface area contributed by atoms with Gasteiger partial charge in [0.05, 0.1) is 19.4 Å². The van der Waals surface area contributed by atoms with Crippen molar-refractivity contribution in [2.24, 2.45) is 5.92 Å². The Morgan fingerprint density at radius 1 is 1.00 bits per heavy atom. The van der Waals surface area contributed by atoms with E-state index in [1.165, 1.54) is 5.69 Å². The van der Waals surface area contributed by atoms with Gasteiger partial charge in [-0.05, 0) is 37.1 Å². The highest BCUT2D eigenvalue weighted by atomic mass is 16.5. The maximum Gasteiger partial charge on any atom is 0.227 e. The van der Waals surface area contributed by atoms with Crippen molar-refractivity contribution in [3.8, 4) is 0 Å². The van der Waals surface area contributed by atoms with Crippen molar-refractivity contribution in [1.82, 2.24) is 9.97 Å². The van der Waals surface area contributed by atoms with Gasteiger partial charge in [-0.25, -0.2) is 4.98 Å². The van der Waals surface area contributed by atoms with E-state index in [0.29, 0.717) is 0 Å². The molecule has 1 aromatic carbocycles. The summed E-state index contributed by atoms with van der Waals surface area (Å²) in [7, 11) is 0. The Hall–Kier alpha value is -2.67. The lowest BCUT2D eigenvalue weighted by Crippen LogP contribution is -2.38. The fourth-order valence-corrected chi connectivity index (χ4v) is 3.65. The molecule has 27 heavy (non-hydrogen) atoms. The van der Waals surface area contributed by atoms with Crippen LogP contribution in [0.5, 0.6) is 0 Å². The molecule has 2 aliphatic heterocycles. The standard InChI is InChI=1S/C20H25N5O2/c26-20(16-5-9-25(10-6-16)19-15-21-7-8-22-19)23-17-1-3-18(4-2-17)24-11-13-27-14-12-24/h1-4,7-8,15-16H,5-6,9-14H2,(H,23,26). The quantitative estimate of drug-likeness (QED) is 0.893. The van der Waals surface area contributed by atoms with Crippen LogP contribution in [0.25, 0.3) is 0 Å². The Kier molecular flexibility index (Phi) is 5.48. The van der Waals surface area contributed by atoms with E-state index in [4.69, 9.17) is 4.74 Å². The molecule has 1 N–H and O–H groups in total. The molecule has 1 amide bonds. The second-order valence-corrected chi connectivity index (χ2v) is 6.96. The van der Waals surface area contributed by atoms with Gasteiger partial charge in [-0.1, -0.05) is 0 Å². The first-order chi connectivity index (χ1) is 13.3. The fourth-order valence-electron chi connectivity index (χ4n) is 3.65. The number of rotatable bonds is 4. The number of morpholine rings is 1. The van der Waals surface area contributed by atoms with Crippen LogP contribution in [-0.2, 0) is 9.53 Å². The van der Waals surface area contributed by atoms with Gasteiger partial charge in [-0.3, -0.25) is 9.78 Å². The Morgan fingerprint density at radius 3 is 2.41 bits per heavy atom. The molecular weight excluding hydrogens is 342 g/mol. The summed E-state index contributed by atoms with van der Waals surface area (Å²) in [6, 6.07) is 8.10. The summed E-state index contributed by atoms with van der Waals surface area (Å²) in [4.78, 5) is 25.6. The Morgan fingerprint density at radius 2 is 1.74 bits per heavy atom. The van der Waals surface area contributed by atoms with Crippen LogP contribution in [0.1, 0.15) is 12.8 Å². The smallest absolute Gasteiger partial charge is 0.227 e. The molecule has 1 aromatic heterocycles. The number of benzene rings is 1. The summed E-state index contributed by atoms with van der Waals surface area (Å²) in [5.41, 5.74) is 2.03. The van der Waals surface area contributed by atoms with Gasteiger partial charge < -0.3 is 19.9 Å². The third-order valence-electron chi connectivity index (χ3n) is 5.25. The van der Waals surface area contributed by atoms with Crippen LogP contribution in [-0.4, -0.2) is 55.3 Å². The first-order valence-electron chi connectivity index (χ1n) is 9.54. The second kappa shape index (κ2) is 8.35. The molecule has 0 saturated carbocycles. The molecule has 7 heteroatoms. The van der Waals surface area contributed by atoms with Gasteiger partial charge in [-0.2, -0.15) is 0 Å². The van der Waals surface area contributed by atoms with Crippen LogP contribution in [0.3, 0.4) is 0 Å². The van der Waals surface area contributed by atoms with E-state index in [2.05, 4.69) is 37.2 Å². The first kappa shape index (κ1) is 17.7. The summed E-state index contributed by atoms with van der Waals surface area (Å²) in [5, 5.41) is 3.07. The number of anilines is 3. The summed E-state index contributed by atoms with van der Waals surface area (Å²) in [6.45, 7) is 5.02. The number of nitrogens with zero attached hydrogens (tertiary/aromatic N) is 4. The highest BCUT2D eigenvalue weighted by Crippen LogP contribution is 2.24. The van der Waals surface area contributed by atoms with Gasteiger partial charge in [0.15, 0.2) is 0 Å². The summed E-state index contributed by atoms with van der Waals surface area (Å²) >= 11 is 0. The second-order valence-electron chi connectivity index (χ2n) is 6.96. The molecule has 7 nitrogen and oxygen atoms in total.